The van der Waals surface area contributed by atoms with Gasteiger partial charge in [-0.05, 0) is 45.0 Å². The molecule has 0 aromatic carbocycles. The van der Waals surface area contributed by atoms with Crippen LogP contribution >= 0.6 is 0 Å². The summed E-state index contributed by atoms with van der Waals surface area (Å²) < 4.78 is 0. The molecule has 82 valence electrons. The molecule has 0 aliphatic heterocycles. The van der Waals surface area contributed by atoms with Crippen molar-refractivity contribution in [3.63, 3.8) is 0 Å². The first kappa shape index (κ1) is 10.4. The van der Waals surface area contributed by atoms with Gasteiger partial charge in [0.1, 0.15) is 5.82 Å². The van der Waals surface area contributed by atoms with E-state index in [1.807, 2.05) is 24.4 Å². The first-order valence-electron chi connectivity index (χ1n) is 5.58. The highest BCUT2D eigenvalue weighted by Gasteiger charge is 2.32. The first-order chi connectivity index (χ1) is 7.27. The number of nitrogens with zero attached hydrogens (tertiary/aromatic N) is 2. The number of nitrogens with one attached hydrogen (secondary N) is 1. The maximum absolute atomic E-state index is 4.26. The number of aromatic nitrogens is 1. The van der Waals surface area contributed by atoms with E-state index in [1.54, 1.807) is 0 Å². The predicted octanol–water partition coefficient (Wildman–Crippen LogP) is 1.83. The molecule has 0 bridgehead atoms. The van der Waals surface area contributed by atoms with Crippen molar-refractivity contribution in [2.75, 3.05) is 26.0 Å². The number of hydrogen-bond acceptors (Lipinski definition) is 3. The van der Waals surface area contributed by atoms with Crippen LogP contribution in [0.2, 0.25) is 0 Å². The van der Waals surface area contributed by atoms with Crippen LogP contribution in [0.25, 0.3) is 0 Å². The lowest BCUT2D eigenvalue weighted by Gasteiger charge is -2.24. The minimum atomic E-state index is 0.645. The van der Waals surface area contributed by atoms with Crippen molar-refractivity contribution in [2.45, 2.75) is 18.9 Å². The molecule has 3 heteroatoms. The molecule has 1 unspecified atom stereocenters. The lowest BCUT2D eigenvalue weighted by atomic mass is 10.1. The molecule has 1 aromatic heterocycles. The fourth-order valence-corrected chi connectivity index (χ4v) is 1.93. The van der Waals surface area contributed by atoms with Crippen LogP contribution in [0.3, 0.4) is 0 Å². The van der Waals surface area contributed by atoms with Gasteiger partial charge in [0.25, 0.3) is 0 Å². The van der Waals surface area contributed by atoms with Crippen LogP contribution in [0.1, 0.15) is 12.8 Å². The van der Waals surface area contributed by atoms with Gasteiger partial charge in [0.05, 0.1) is 0 Å². The third kappa shape index (κ3) is 2.93. The van der Waals surface area contributed by atoms with Gasteiger partial charge in [-0.2, -0.15) is 0 Å². The zero-order chi connectivity index (χ0) is 10.7. The average molecular weight is 205 g/mol. The number of hydrogen-bond donors (Lipinski definition) is 1. The van der Waals surface area contributed by atoms with Gasteiger partial charge in [0, 0.05) is 18.8 Å². The smallest absolute Gasteiger partial charge is 0.125 e. The van der Waals surface area contributed by atoms with E-state index in [2.05, 4.69) is 29.3 Å². The van der Waals surface area contributed by atoms with E-state index in [9.17, 15) is 0 Å². The second-order valence-electron chi connectivity index (χ2n) is 4.46. The maximum Gasteiger partial charge on any atom is 0.125 e. The molecule has 0 radical (unpaired) electrons. The van der Waals surface area contributed by atoms with Crippen molar-refractivity contribution in [1.82, 2.24) is 9.88 Å². The highest BCUT2D eigenvalue weighted by molar-refractivity contribution is 5.33. The minimum absolute atomic E-state index is 0.645. The number of rotatable bonds is 5. The number of pyridine rings is 1. The Bertz CT molecular complexity index is 291. The van der Waals surface area contributed by atoms with Crippen LogP contribution in [0.5, 0.6) is 0 Å². The molecule has 1 aliphatic rings. The molecule has 2 rings (SSSR count). The lowest BCUT2D eigenvalue weighted by molar-refractivity contribution is 0.276. The van der Waals surface area contributed by atoms with Gasteiger partial charge >= 0.3 is 0 Å². The molecular weight excluding hydrogens is 186 g/mol. The Morgan fingerprint density at radius 1 is 1.47 bits per heavy atom. The van der Waals surface area contributed by atoms with Gasteiger partial charge in [0.2, 0.25) is 0 Å². The van der Waals surface area contributed by atoms with Crippen LogP contribution in [0, 0.1) is 5.92 Å². The summed E-state index contributed by atoms with van der Waals surface area (Å²) in [5.74, 6) is 1.86. The molecule has 1 fully saturated rings. The Hall–Kier alpha value is -1.09. The van der Waals surface area contributed by atoms with Crippen LogP contribution in [0.15, 0.2) is 24.4 Å². The van der Waals surface area contributed by atoms with E-state index in [0.29, 0.717) is 6.04 Å². The fourth-order valence-electron chi connectivity index (χ4n) is 1.93. The average Bonchev–Trinajstić information content (AvgIpc) is 3.03. The molecule has 1 aliphatic carbocycles. The van der Waals surface area contributed by atoms with Gasteiger partial charge in [-0.3, -0.25) is 0 Å². The highest BCUT2D eigenvalue weighted by Crippen LogP contribution is 2.34. The van der Waals surface area contributed by atoms with Gasteiger partial charge in [-0.15, -0.1) is 0 Å². The van der Waals surface area contributed by atoms with Crippen molar-refractivity contribution in [1.29, 1.82) is 0 Å². The molecule has 0 spiro atoms. The number of likely N-dealkylation sites (N-methyl/N-ethyl adjacent to an activating group) is 1. The SMILES string of the molecule is CN(C)C(CNc1ccccn1)C1CC1. The standard InChI is InChI=1S/C12H19N3/c1-15(2)11(10-6-7-10)9-14-12-5-3-4-8-13-12/h3-5,8,10-11H,6-7,9H2,1-2H3,(H,13,14). The Morgan fingerprint density at radius 2 is 2.27 bits per heavy atom. The Labute approximate surface area is 91.5 Å². The predicted molar refractivity (Wildman–Crippen MR) is 62.9 cm³/mol. The normalized spacial score (nSPS) is 17.8. The van der Waals surface area contributed by atoms with Crippen LogP contribution in [-0.2, 0) is 0 Å². The summed E-state index contributed by atoms with van der Waals surface area (Å²) in [6, 6.07) is 6.61. The molecule has 1 saturated carbocycles. The van der Waals surface area contributed by atoms with Crippen molar-refractivity contribution < 1.29 is 0 Å². The van der Waals surface area contributed by atoms with Gasteiger partial charge in [-0.1, -0.05) is 6.07 Å². The van der Waals surface area contributed by atoms with Gasteiger partial charge in [0.15, 0.2) is 0 Å². The quantitative estimate of drug-likeness (QED) is 0.795. The van der Waals surface area contributed by atoms with Crippen molar-refractivity contribution in [2.24, 2.45) is 5.92 Å². The van der Waals surface area contributed by atoms with Crippen LogP contribution in [-0.4, -0.2) is 36.6 Å². The molecule has 1 N–H and O–H groups in total. The molecule has 1 heterocycles. The van der Waals surface area contributed by atoms with Crippen LogP contribution < -0.4 is 5.32 Å². The zero-order valence-electron chi connectivity index (χ0n) is 9.48. The molecule has 0 amide bonds. The molecule has 3 nitrogen and oxygen atoms in total. The van der Waals surface area contributed by atoms with Crippen molar-refractivity contribution in [3.05, 3.63) is 24.4 Å². The van der Waals surface area contributed by atoms with E-state index in [-0.39, 0.29) is 0 Å². The maximum atomic E-state index is 4.26. The fraction of sp³-hybridized carbons (Fsp3) is 0.583. The Balaban J connectivity index is 1.85. The summed E-state index contributed by atoms with van der Waals surface area (Å²) >= 11 is 0. The second kappa shape index (κ2) is 4.62. The lowest BCUT2D eigenvalue weighted by Crippen LogP contribution is -2.36. The van der Waals surface area contributed by atoms with Gasteiger partial charge in [-0.25, -0.2) is 4.98 Å². The van der Waals surface area contributed by atoms with E-state index in [1.165, 1.54) is 12.8 Å². The summed E-state index contributed by atoms with van der Waals surface area (Å²) in [4.78, 5) is 6.57. The summed E-state index contributed by atoms with van der Waals surface area (Å²) in [6.07, 6.45) is 4.59. The molecule has 1 aromatic rings. The monoisotopic (exact) mass is 205 g/mol. The highest BCUT2D eigenvalue weighted by atomic mass is 15.1. The topological polar surface area (TPSA) is 28.2 Å². The van der Waals surface area contributed by atoms with Crippen molar-refractivity contribution in [3.8, 4) is 0 Å². The Kier molecular flexibility index (Phi) is 3.21. The zero-order valence-corrected chi connectivity index (χ0v) is 9.48. The summed E-state index contributed by atoms with van der Waals surface area (Å²) in [5, 5.41) is 3.39. The largest absolute Gasteiger partial charge is 0.368 e. The minimum Gasteiger partial charge on any atom is -0.368 e. The second-order valence-corrected chi connectivity index (χ2v) is 4.46. The Morgan fingerprint density at radius 3 is 2.80 bits per heavy atom. The third-order valence-corrected chi connectivity index (χ3v) is 2.99. The summed E-state index contributed by atoms with van der Waals surface area (Å²) in [6.45, 7) is 0.995. The number of anilines is 1. The molecule has 1 atom stereocenters. The molecule has 15 heavy (non-hydrogen) atoms. The summed E-state index contributed by atoms with van der Waals surface area (Å²) in [7, 11) is 4.31. The van der Waals surface area contributed by atoms with Crippen molar-refractivity contribution >= 4 is 5.82 Å². The molecule has 0 saturated heterocycles. The van der Waals surface area contributed by atoms with E-state index in [4.69, 9.17) is 0 Å². The van der Waals surface area contributed by atoms with Gasteiger partial charge < -0.3 is 10.2 Å². The van der Waals surface area contributed by atoms with E-state index < -0.39 is 0 Å². The first-order valence-corrected chi connectivity index (χ1v) is 5.58. The van der Waals surface area contributed by atoms with E-state index in [0.717, 1.165) is 18.3 Å². The summed E-state index contributed by atoms with van der Waals surface area (Å²) in [5.41, 5.74) is 0. The molecular formula is C12H19N3. The third-order valence-electron chi connectivity index (χ3n) is 2.99. The van der Waals surface area contributed by atoms with E-state index >= 15 is 0 Å². The van der Waals surface area contributed by atoms with Crippen LogP contribution in [0.4, 0.5) is 5.82 Å².